The van der Waals surface area contributed by atoms with Gasteiger partial charge in [-0.2, -0.15) is 0 Å². The summed E-state index contributed by atoms with van der Waals surface area (Å²) < 4.78 is 0.734. The van der Waals surface area contributed by atoms with E-state index in [0.717, 1.165) is 24.0 Å². The van der Waals surface area contributed by atoms with Gasteiger partial charge in [0.05, 0.1) is 12.8 Å². The van der Waals surface area contributed by atoms with Crippen molar-refractivity contribution in [2.75, 3.05) is 13.1 Å². The Kier molecular flexibility index (Phi) is 11.3. The summed E-state index contributed by atoms with van der Waals surface area (Å²) >= 11 is 0. The number of rotatable bonds is 14. The molecule has 1 rings (SSSR count). The second-order valence-corrected chi connectivity index (χ2v) is 7.36. The summed E-state index contributed by atoms with van der Waals surface area (Å²) in [5.74, 6) is 0. The molecule has 140 valence electrons. The van der Waals surface area contributed by atoms with Gasteiger partial charge < -0.3 is 5.11 Å². The zero-order chi connectivity index (χ0) is 17.7. The number of hydrogen-bond donors (Lipinski definition) is 1. The molecule has 24 heavy (non-hydrogen) atoms. The van der Waals surface area contributed by atoms with Crippen LogP contribution in [0, 0.1) is 0 Å². The maximum atomic E-state index is 10.1. The van der Waals surface area contributed by atoms with E-state index < -0.39 is 0 Å². The van der Waals surface area contributed by atoms with Crippen LogP contribution in [-0.2, 0) is 0 Å². The highest BCUT2D eigenvalue weighted by Crippen LogP contribution is 2.26. The molecule has 3 heteroatoms. The molecule has 0 saturated carbocycles. The fourth-order valence-electron chi connectivity index (χ4n) is 3.78. The Labute approximate surface area is 150 Å². The van der Waals surface area contributed by atoms with Crippen molar-refractivity contribution in [3.8, 4) is 0 Å². The highest BCUT2D eigenvalue weighted by atomic mass is 16.3. The summed E-state index contributed by atoms with van der Waals surface area (Å²) in [5.41, 5.74) is 0. The summed E-state index contributed by atoms with van der Waals surface area (Å²) in [7, 11) is 0. The Morgan fingerprint density at radius 3 is 2.25 bits per heavy atom. The van der Waals surface area contributed by atoms with Gasteiger partial charge in [-0.1, -0.05) is 51.2 Å². The van der Waals surface area contributed by atoms with Gasteiger partial charge >= 0.3 is 0 Å². The van der Waals surface area contributed by atoms with Crippen molar-refractivity contribution < 1.29 is 9.59 Å². The third kappa shape index (κ3) is 7.06. The minimum atomic E-state index is -0.317. The van der Waals surface area contributed by atoms with Crippen molar-refractivity contribution in [3.63, 3.8) is 0 Å². The monoisotopic (exact) mass is 337 g/mol. The van der Waals surface area contributed by atoms with E-state index in [0.29, 0.717) is 0 Å². The molecule has 0 aromatic carbocycles. The van der Waals surface area contributed by atoms with E-state index in [1.807, 2.05) is 13.1 Å². The summed E-state index contributed by atoms with van der Waals surface area (Å²) in [6, 6.07) is 0. The standard InChI is InChI=1S/C21H41N2O/c1-4-6-7-8-9-10-11-12-13-14-15-16-17-21-22-18-19-23(21,5-2)20(3)24/h11-12,18,20-21,24H,4-10,13-17,19H2,1-3H3/q+1/b12-11+. The van der Waals surface area contributed by atoms with Crippen LogP contribution in [0.5, 0.6) is 0 Å². The number of quaternary nitrogens is 1. The third-order valence-electron chi connectivity index (χ3n) is 5.60. The molecular formula is C21H41N2O+. The zero-order valence-corrected chi connectivity index (χ0v) is 16.4. The van der Waals surface area contributed by atoms with Crippen LogP contribution in [0.1, 0.15) is 91.4 Å². The quantitative estimate of drug-likeness (QED) is 0.255. The van der Waals surface area contributed by atoms with Crippen LogP contribution < -0.4 is 0 Å². The van der Waals surface area contributed by atoms with Crippen LogP contribution in [0.3, 0.4) is 0 Å². The van der Waals surface area contributed by atoms with Gasteiger partial charge in [-0.25, -0.2) is 4.99 Å². The molecule has 0 aromatic heterocycles. The Morgan fingerprint density at radius 2 is 1.67 bits per heavy atom. The highest BCUT2D eigenvalue weighted by molar-refractivity contribution is 5.60. The first-order chi connectivity index (χ1) is 11.7. The second kappa shape index (κ2) is 12.7. The molecule has 0 aliphatic carbocycles. The van der Waals surface area contributed by atoms with E-state index in [1.165, 1.54) is 64.2 Å². The van der Waals surface area contributed by atoms with Gasteiger partial charge in [0.1, 0.15) is 6.54 Å². The molecule has 3 nitrogen and oxygen atoms in total. The van der Waals surface area contributed by atoms with Crippen LogP contribution in [0.25, 0.3) is 0 Å². The molecule has 0 bridgehead atoms. The molecule has 1 N–H and O–H groups in total. The molecule has 0 saturated heterocycles. The maximum Gasteiger partial charge on any atom is 0.189 e. The lowest BCUT2D eigenvalue weighted by molar-refractivity contribution is -0.976. The largest absolute Gasteiger partial charge is 0.345 e. The van der Waals surface area contributed by atoms with Crippen LogP contribution >= 0.6 is 0 Å². The average molecular weight is 338 g/mol. The minimum absolute atomic E-state index is 0.272. The smallest absolute Gasteiger partial charge is 0.189 e. The van der Waals surface area contributed by atoms with Gasteiger partial charge in [0.25, 0.3) is 0 Å². The van der Waals surface area contributed by atoms with Gasteiger partial charge in [-0.3, -0.25) is 4.48 Å². The van der Waals surface area contributed by atoms with Crippen molar-refractivity contribution in [1.29, 1.82) is 0 Å². The fraction of sp³-hybridized carbons (Fsp3) is 0.857. The van der Waals surface area contributed by atoms with Crippen LogP contribution in [0.15, 0.2) is 17.1 Å². The van der Waals surface area contributed by atoms with E-state index in [-0.39, 0.29) is 12.4 Å². The number of hydrogen-bond acceptors (Lipinski definition) is 2. The van der Waals surface area contributed by atoms with Crippen molar-refractivity contribution in [2.24, 2.45) is 4.99 Å². The zero-order valence-electron chi connectivity index (χ0n) is 16.4. The van der Waals surface area contributed by atoms with Gasteiger partial charge in [0.2, 0.25) is 0 Å². The molecule has 0 aromatic rings. The normalized spacial score (nSPS) is 24.9. The molecule has 3 unspecified atom stereocenters. The predicted molar refractivity (Wildman–Crippen MR) is 105 cm³/mol. The second-order valence-electron chi connectivity index (χ2n) is 7.36. The number of unbranched alkanes of at least 4 members (excludes halogenated alkanes) is 8. The van der Waals surface area contributed by atoms with Crippen molar-refractivity contribution in [3.05, 3.63) is 12.2 Å². The Morgan fingerprint density at radius 1 is 1.04 bits per heavy atom. The lowest BCUT2D eigenvalue weighted by Gasteiger charge is -2.40. The first-order valence-corrected chi connectivity index (χ1v) is 10.4. The van der Waals surface area contributed by atoms with E-state index in [9.17, 15) is 5.11 Å². The van der Waals surface area contributed by atoms with Gasteiger partial charge in [-0.05, 0) is 39.0 Å². The molecule has 0 spiro atoms. The van der Waals surface area contributed by atoms with Gasteiger partial charge in [0, 0.05) is 13.3 Å². The molecule has 1 aliphatic rings. The molecule has 0 radical (unpaired) electrons. The summed E-state index contributed by atoms with van der Waals surface area (Å²) in [6.45, 7) is 8.20. The molecule has 0 amide bonds. The fourth-order valence-corrected chi connectivity index (χ4v) is 3.78. The lowest BCUT2D eigenvalue weighted by Crippen LogP contribution is -2.57. The molecule has 3 atom stereocenters. The Bertz CT molecular complexity index is 365. The van der Waals surface area contributed by atoms with Crippen molar-refractivity contribution in [1.82, 2.24) is 0 Å². The lowest BCUT2D eigenvalue weighted by atomic mass is 10.1. The Balaban J connectivity index is 2.05. The van der Waals surface area contributed by atoms with Crippen molar-refractivity contribution >= 4 is 6.21 Å². The first-order valence-electron chi connectivity index (χ1n) is 10.4. The van der Waals surface area contributed by atoms with Gasteiger partial charge in [-0.15, -0.1) is 0 Å². The summed E-state index contributed by atoms with van der Waals surface area (Å²) in [5, 5.41) is 10.1. The number of nitrogens with zero attached hydrogens (tertiary/aromatic N) is 2. The minimum Gasteiger partial charge on any atom is -0.345 e. The van der Waals surface area contributed by atoms with Crippen LogP contribution in [0.4, 0.5) is 0 Å². The van der Waals surface area contributed by atoms with E-state index in [4.69, 9.17) is 0 Å². The number of aliphatic hydroxyl groups is 1. The van der Waals surface area contributed by atoms with Crippen LogP contribution in [0.2, 0.25) is 0 Å². The number of allylic oxidation sites excluding steroid dienone is 2. The molecule has 1 heterocycles. The predicted octanol–water partition coefficient (Wildman–Crippen LogP) is 5.44. The Hall–Kier alpha value is -0.670. The van der Waals surface area contributed by atoms with Gasteiger partial charge in [0.15, 0.2) is 12.4 Å². The van der Waals surface area contributed by atoms with E-state index >= 15 is 0 Å². The summed E-state index contributed by atoms with van der Waals surface area (Å²) in [4.78, 5) is 4.64. The molecular weight excluding hydrogens is 296 g/mol. The summed E-state index contributed by atoms with van der Waals surface area (Å²) in [6.07, 6.45) is 20.9. The average Bonchev–Trinajstić information content (AvgIpc) is 3.00. The first kappa shape index (κ1) is 21.4. The highest BCUT2D eigenvalue weighted by Gasteiger charge is 2.41. The SMILES string of the molecule is CCCCCCC/C=C/CCCCCC1N=CC[N+]1(CC)C(C)O. The molecule has 1 aliphatic heterocycles. The maximum absolute atomic E-state index is 10.1. The third-order valence-corrected chi connectivity index (χ3v) is 5.60. The topological polar surface area (TPSA) is 32.6 Å². The molecule has 0 fully saturated rings. The number of aliphatic imine (C=N–C) groups is 1. The number of aliphatic hydroxyl groups excluding tert-OH is 1. The van der Waals surface area contributed by atoms with E-state index in [1.54, 1.807) is 0 Å². The van der Waals surface area contributed by atoms with Crippen molar-refractivity contribution in [2.45, 2.75) is 104 Å². The van der Waals surface area contributed by atoms with E-state index in [2.05, 4.69) is 31.0 Å². The van der Waals surface area contributed by atoms with Crippen LogP contribution in [-0.4, -0.2) is 41.3 Å².